The van der Waals surface area contributed by atoms with E-state index in [9.17, 15) is 19.2 Å². The molecule has 7 nitrogen and oxygen atoms in total. The van der Waals surface area contributed by atoms with Crippen molar-refractivity contribution in [3.8, 4) is 0 Å². The molecule has 7 heteroatoms. The largest absolute Gasteiger partial charge is 0.456 e. The zero-order chi connectivity index (χ0) is 19.4. The number of nitrogens with zero attached hydrogens (tertiary/aromatic N) is 1. The second-order valence-electron chi connectivity index (χ2n) is 7.24. The van der Waals surface area contributed by atoms with Crippen molar-refractivity contribution in [1.82, 2.24) is 10.2 Å². The SMILES string of the molecule is CC1CCC(NC(=O)COC(=O)CCN2C(=O)c3ccccc3C2=O)CC1. The van der Waals surface area contributed by atoms with Crippen molar-refractivity contribution < 1.29 is 23.9 Å². The van der Waals surface area contributed by atoms with E-state index in [1.54, 1.807) is 24.3 Å². The Hall–Kier alpha value is -2.70. The number of imide groups is 1. The number of esters is 1. The molecule has 0 radical (unpaired) electrons. The normalized spacial score (nSPS) is 21.7. The van der Waals surface area contributed by atoms with Crippen LogP contribution in [0.4, 0.5) is 0 Å². The van der Waals surface area contributed by atoms with Crippen LogP contribution in [0.3, 0.4) is 0 Å². The minimum Gasteiger partial charge on any atom is -0.456 e. The molecule has 0 spiro atoms. The molecule has 1 saturated carbocycles. The molecule has 3 amide bonds. The molecule has 0 saturated heterocycles. The molecule has 3 rings (SSSR count). The lowest BCUT2D eigenvalue weighted by Crippen LogP contribution is -2.39. The van der Waals surface area contributed by atoms with Crippen LogP contribution in [-0.4, -0.2) is 47.8 Å². The molecule has 0 atom stereocenters. The van der Waals surface area contributed by atoms with Crippen molar-refractivity contribution >= 4 is 23.7 Å². The number of fused-ring (bicyclic) bond motifs is 1. The van der Waals surface area contributed by atoms with Crippen molar-refractivity contribution in [3.63, 3.8) is 0 Å². The molecule has 144 valence electrons. The van der Waals surface area contributed by atoms with Gasteiger partial charge in [-0.2, -0.15) is 0 Å². The summed E-state index contributed by atoms with van der Waals surface area (Å²) in [6.45, 7) is 1.80. The van der Waals surface area contributed by atoms with Crippen molar-refractivity contribution in [1.29, 1.82) is 0 Å². The number of hydrogen-bond donors (Lipinski definition) is 1. The first-order valence-corrected chi connectivity index (χ1v) is 9.36. The average molecular weight is 372 g/mol. The summed E-state index contributed by atoms with van der Waals surface area (Å²) in [4.78, 5) is 49.3. The summed E-state index contributed by atoms with van der Waals surface area (Å²) in [7, 11) is 0. The van der Waals surface area contributed by atoms with Crippen LogP contribution in [0.5, 0.6) is 0 Å². The second-order valence-corrected chi connectivity index (χ2v) is 7.24. The lowest BCUT2D eigenvalue weighted by Gasteiger charge is -2.26. The van der Waals surface area contributed by atoms with Crippen LogP contribution in [0.2, 0.25) is 0 Å². The molecule has 2 aliphatic rings. The van der Waals surface area contributed by atoms with Gasteiger partial charge in [0, 0.05) is 12.6 Å². The molecule has 1 aromatic rings. The Bertz CT molecular complexity index is 717. The van der Waals surface area contributed by atoms with Crippen LogP contribution in [0.1, 0.15) is 59.7 Å². The Balaban J connectivity index is 1.39. The predicted molar refractivity (Wildman–Crippen MR) is 96.9 cm³/mol. The first-order valence-electron chi connectivity index (χ1n) is 9.36. The summed E-state index contributed by atoms with van der Waals surface area (Å²) in [5.41, 5.74) is 0.689. The zero-order valence-corrected chi connectivity index (χ0v) is 15.4. The van der Waals surface area contributed by atoms with Crippen LogP contribution in [0.25, 0.3) is 0 Å². The highest BCUT2D eigenvalue weighted by molar-refractivity contribution is 6.21. The third-order valence-corrected chi connectivity index (χ3v) is 5.16. The number of benzene rings is 1. The number of carbonyl (C=O) groups is 4. The Morgan fingerprint density at radius 3 is 2.26 bits per heavy atom. The summed E-state index contributed by atoms with van der Waals surface area (Å²) in [6.07, 6.45) is 3.93. The smallest absolute Gasteiger partial charge is 0.308 e. The van der Waals surface area contributed by atoms with Gasteiger partial charge in [-0.15, -0.1) is 0 Å². The maximum atomic E-state index is 12.2. The number of rotatable bonds is 6. The quantitative estimate of drug-likeness (QED) is 0.608. The standard InChI is InChI=1S/C20H24N2O5/c1-13-6-8-14(9-7-13)21-17(23)12-27-18(24)10-11-22-19(25)15-4-2-3-5-16(15)20(22)26/h2-5,13-14H,6-12H2,1H3,(H,21,23). The maximum Gasteiger partial charge on any atom is 0.308 e. The Morgan fingerprint density at radius 2 is 1.67 bits per heavy atom. The predicted octanol–water partition coefficient (Wildman–Crippen LogP) is 1.91. The second kappa shape index (κ2) is 8.33. The fourth-order valence-electron chi connectivity index (χ4n) is 3.54. The summed E-state index contributed by atoms with van der Waals surface area (Å²) in [5.74, 6) is -1.05. The van der Waals surface area contributed by atoms with Crippen LogP contribution in [-0.2, 0) is 14.3 Å². The van der Waals surface area contributed by atoms with Gasteiger partial charge >= 0.3 is 5.97 Å². The molecule has 1 aliphatic heterocycles. The number of nitrogens with one attached hydrogen (secondary N) is 1. The number of ether oxygens (including phenoxy) is 1. The fraction of sp³-hybridized carbons (Fsp3) is 0.500. The van der Waals surface area contributed by atoms with Crippen molar-refractivity contribution in [2.45, 2.75) is 45.1 Å². The molecule has 1 aliphatic carbocycles. The summed E-state index contributed by atoms with van der Waals surface area (Å²) in [5, 5.41) is 2.88. The van der Waals surface area contributed by atoms with Gasteiger partial charge in [-0.1, -0.05) is 19.1 Å². The number of hydrogen-bond acceptors (Lipinski definition) is 5. The van der Waals surface area contributed by atoms with Gasteiger partial charge in [0.2, 0.25) is 0 Å². The van der Waals surface area contributed by atoms with Gasteiger partial charge in [0.1, 0.15) is 0 Å². The lowest BCUT2D eigenvalue weighted by atomic mass is 9.87. The molecule has 1 N–H and O–H groups in total. The van der Waals surface area contributed by atoms with Crippen LogP contribution in [0.15, 0.2) is 24.3 Å². The van der Waals surface area contributed by atoms with Crippen molar-refractivity contribution in [2.75, 3.05) is 13.2 Å². The van der Waals surface area contributed by atoms with Crippen LogP contribution < -0.4 is 5.32 Å². The molecule has 0 unspecified atom stereocenters. The highest BCUT2D eigenvalue weighted by atomic mass is 16.5. The van der Waals surface area contributed by atoms with E-state index in [4.69, 9.17) is 4.74 Å². The Kier molecular flexibility index (Phi) is 5.88. The molecular weight excluding hydrogens is 348 g/mol. The van der Waals surface area contributed by atoms with Gasteiger partial charge in [0.05, 0.1) is 17.5 Å². The Labute approximate surface area is 158 Å². The van der Waals surface area contributed by atoms with E-state index in [-0.39, 0.29) is 31.5 Å². The van der Waals surface area contributed by atoms with Crippen LogP contribution >= 0.6 is 0 Å². The number of carbonyl (C=O) groups excluding carboxylic acids is 4. The third-order valence-electron chi connectivity index (χ3n) is 5.16. The average Bonchev–Trinajstić information content (AvgIpc) is 2.91. The minimum absolute atomic E-state index is 0.0622. The van der Waals surface area contributed by atoms with E-state index in [0.29, 0.717) is 17.0 Å². The highest BCUT2D eigenvalue weighted by Gasteiger charge is 2.35. The Morgan fingerprint density at radius 1 is 1.07 bits per heavy atom. The first kappa shape index (κ1) is 19.1. The van der Waals surface area contributed by atoms with Gasteiger partial charge in [0.25, 0.3) is 17.7 Å². The molecule has 1 heterocycles. The molecule has 1 aromatic carbocycles. The molecular formula is C20H24N2O5. The van der Waals surface area contributed by atoms with Crippen molar-refractivity contribution in [3.05, 3.63) is 35.4 Å². The summed E-state index contributed by atoms with van der Waals surface area (Å²) in [6, 6.07) is 6.69. The van der Waals surface area contributed by atoms with Crippen LogP contribution in [0, 0.1) is 5.92 Å². The lowest BCUT2D eigenvalue weighted by molar-refractivity contribution is -0.148. The molecule has 27 heavy (non-hydrogen) atoms. The summed E-state index contributed by atoms with van der Waals surface area (Å²) >= 11 is 0. The van der Waals surface area contributed by atoms with Gasteiger partial charge in [-0.05, 0) is 43.7 Å². The summed E-state index contributed by atoms with van der Waals surface area (Å²) < 4.78 is 4.97. The topological polar surface area (TPSA) is 92.8 Å². The third kappa shape index (κ3) is 4.53. The van der Waals surface area contributed by atoms with Gasteiger partial charge in [-0.3, -0.25) is 24.1 Å². The van der Waals surface area contributed by atoms with Gasteiger partial charge in [-0.25, -0.2) is 0 Å². The van der Waals surface area contributed by atoms with Crippen molar-refractivity contribution in [2.24, 2.45) is 5.92 Å². The van der Waals surface area contributed by atoms with E-state index in [0.717, 1.165) is 30.6 Å². The minimum atomic E-state index is -0.612. The van der Waals surface area contributed by atoms with E-state index in [2.05, 4.69) is 12.2 Å². The zero-order valence-electron chi connectivity index (χ0n) is 15.4. The molecule has 0 aromatic heterocycles. The van der Waals surface area contributed by atoms with E-state index >= 15 is 0 Å². The maximum absolute atomic E-state index is 12.2. The molecule has 0 bridgehead atoms. The first-order chi connectivity index (χ1) is 13.0. The molecule has 1 fully saturated rings. The van der Waals surface area contributed by atoms with Gasteiger partial charge in [0.15, 0.2) is 6.61 Å². The highest BCUT2D eigenvalue weighted by Crippen LogP contribution is 2.23. The number of amides is 3. The van der Waals surface area contributed by atoms with Gasteiger partial charge < -0.3 is 10.1 Å². The van der Waals surface area contributed by atoms with E-state index in [1.165, 1.54) is 0 Å². The monoisotopic (exact) mass is 372 g/mol. The van der Waals surface area contributed by atoms with E-state index < -0.39 is 17.8 Å². The fourth-order valence-corrected chi connectivity index (χ4v) is 3.54. The van der Waals surface area contributed by atoms with E-state index in [1.807, 2.05) is 0 Å².